The predicted octanol–water partition coefficient (Wildman–Crippen LogP) is 3.84. The van der Waals surface area contributed by atoms with Crippen molar-refractivity contribution in [2.75, 3.05) is 30.7 Å². The van der Waals surface area contributed by atoms with Gasteiger partial charge in [0.1, 0.15) is 11.3 Å². The van der Waals surface area contributed by atoms with E-state index in [0.29, 0.717) is 11.4 Å². The molecular formula is C22H28N6O. The predicted molar refractivity (Wildman–Crippen MR) is 117 cm³/mol. The van der Waals surface area contributed by atoms with Gasteiger partial charge in [-0.25, -0.2) is 9.97 Å². The number of Topliss-reactive ketones (excluding diaryl/α,β-unsaturated/α-hetero) is 1. The number of piperidine rings is 1. The first kappa shape index (κ1) is 19.4. The number of carbonyl (C=O) groups excluding carboxylic acids is 1. The van der Waals surface area contributed by atoms with Crippen molar-refractivity contribution in [1.29, 1.82) is 0 Å². The van der Waals surface area contributed by atoms with E-state index in [-0.39, 0.29) is 5.78 Å². The number of rotatable bonds is 7. The molecule has 1 fully saturated rings. The van der Waals surface area contributed by atoms with E-state index in [9.17, 15) is 4.79 Å². The Hall–Kier alpha value is -2.93. The number of ketones is 1. The van der Waals surface area contributed by atoms with Crippen LogP contribution in [0.3, 0.4) is 0 Å². The molecule has 0 radical (unpaired) electrons. The van der Waals surface area contributed by atoms with Gasteiger partial charge in [-0.2, -0.15) is 0 Å². The van der Waals surface area contributed by atoms with E-state index in [1.807, 2.05) is 30.3 Å². The van der Waals surface area contributed by atoms with Gasteiger partial charge in [0, 0.05) is 17.8 Å². The van der Waals surface area contributed by atoms with Gasteiger partial charge in [0.25, 0.3) is 0 Å². The largest absolute Gasteiger partial charge is 0.384 e. The molecule has 0 aliphatic carbocycles. The van der Waals surface area contributed by atoms with Gasteiger partial charge >= 0.3 is 0 Å². The minimum absolute atomic E-state index is 0.0566. The second-order valence-electron chi connectivity index (χ2n) is 7.68. The Kier molecular flexibility index (Phi) is 5.76. The van der Waals surface area contributed by atoms with Crippen LogP contribution < -0.4 is 11.1 Å². The van der Waals surface area contributed by atoms with Crippen molar-refractivity contribution < 1.29 is 4.79 Å². The summed E-state index contributed by atoms with van der Waals surface area (Å²) in [6, 6.07) is 11.1. The van der Waals surface area contributed by atoms with Gasteiger partial charge < -0.3 is 16.0 Å². The molecule has 7 heteroatoms. The second kappa shape index (κ2) is 8.61. The normalized spacial score (nSPS) is 14.9. The quantitative estimate of drug-likeness (QED) is 0.594. The van der Waals surface area contributed by atoms with Crippen molar-refractivity contribution in [3.8, 4) is 0 Å². The van der Waals surface area contributed by atoms with Crippen LogP contribution in [0, 0.1) is 0 Å². The zero-order chi connectivity index (χ0) is 20.2. The fourth-order valence-corrected chi connectivity index (χ4v) is 3.88. The molecule has 0 saturated carbocycles. The standard InChI is InChI=1S/C22H28N6O/c1-16(29)17-6-8-18(9-7-17)24-22-25-19-10-11-20(23)26-21(19)28(22)15-5-14-27-12-3-2-4-13-27/h6-11H,2-5,12-15H2,1H3,(H2,23,26)(H,24,25). The highest BCUT2D eigenvalue weighted by Crippen LogP contribution is 2.23. The van der Waals surface area contributed by atoms with Crippen LogP contribution in [0.25, 0.3) is 11.2 Å². The molecule has 0 amide bonds. The molecule has 1 aliphatic heterocycles. The monoisotopic (exact) mass is 392 g/mol. The fourth-order valence-electron chi connectivity index (χ4n) is 3.88. The van der Waals surface area contributed by atoms with Gasteiger partial charge in [-0.15, -0.1) is 0 Å². The number of pyridine rings is 1. The molecule has 0 atom stereocenters. The molecule has 1 saturated heterocycles. The number of nitrogens with two attached hydrogens (primary N) is 1. The van der Waals surface area contributed by atoms with Crippen LogP contribution in [0.4, 0.5) is 17.5 Å². The van der Waals surface area contributed by atoms with Gasteiger partial charge in [-0.05, 0) is 82.2 Å². The number of hydrogen-bond acceptors (Lipinski definition) is 6. The summed E-state index contributed by atoms with van der Waals surface area (Å²) in [4.78, 5) is 23.3. The number of carbonyl (C=O) groups is 1. The van der Waals surface area contributed by atoms with Crippen LogP contribution in [0.5, 0.6) is 0 Å². The summed E-state index contributed by atoms with van der Waals surface area (Å²) in [5, 5.41) is 3.38. The Balaban J connectivity index is 1.55. The van der Waals surface area contributed by atoms with Crippen molar-refractivity contribution in [2.24, 2.45) is 0 Å². The van der Waals surface area contributed by atoms with Gasteiger partial charge in [0.15, 0.2) is 11.4 Å². The lowest BCUT2D eigenvalue weighted by molar-refractivity contribution is 0.101. The average Bonchev–Trinajstić information content (AvgIpc) is 3.05. The van der Waals surface area contributed by atoms with E-state index in [0.717, 1.165) is 42.3 Å². The Morgan fingerprint density at radius 3 is 2.52 bits per heavy atom. The first-order valence-corrected chi connectivity index (χ1v) is 10.3. The number of benzene rings is 1. The molecule has 1 aliphatic rings. The molecule has 0 bridgehead atoms. The zero-order valence-electron chi connectivity index (χ0n) is 16.9. The third-order valence-electron chi connectivity index (χ3n) is 5.47. The smallest absolute Gasteiger partial charge is 0.209 e. The summed E-state index contributed by atoms with van der Waals surface area (Å²) in [7, 11) is 0. The van der Waals surface area contributed by atoms with Crippen molar-refractivity contribution in [1.82, 2.24) is 19.4 Å². The molecule has 0 spiro atoms. The first-order valence-electron chi connectivity index (χ1n) is 10.3. The van der Waals surface area contributed by atoms with Gasteiger partial charge in [-0.3, -0.25) is 9.36 Å². The maximum Gasteiger partial charge on any atom is 0.209 e. The van der Waals surface area contributed by atoms with E-state index in [1.165, 1.54) is 32.4 Å². The maximum absolute atomic E-state index is 11.5. The van der Waals surface area contributed by atoms with Crippen LogP contribution in [0.1, 0.15) is 43.0 Å². The lowest BCUT2D eigenvalue weighted by Gasteiger charge is -2.26. The lowest BCUT2D eigenvalue weighted by Crippen LogP contribution is -2.31. The molecule has 152 valence electrons. The van der Waals surface area contributed by atoms with Crippen molar-refractivity contribution in [2.45, 2.75) is 39.2 Å². The van der Waals surface area contributed by atoms with E-state index in [2.05, 4.69) is 19.8 Å². The highest BCUT2D eigenvalue weighted by Gasteiger charge is 2.14. The number of likely N-dealkylation sites (tertiary alicyclic amines) is 1. The Bertz CT molecular complexity index is 988. The minimum Gasteiger partial charge on any atom is -0.384 e. The first-order chi connectivity index (χ1) is 14.1. The molecule has 1 aromatic carbocycles. The maximum atomic E-state index is 11.5. The van der Waals surface area contributed by atoms with Crippen molar-refractivity contribution in [3.63, 3.8) is 0 Å². The van der Waals surface area contributed by atoms with Gasteiger partial charge in [0.05, 0.1) is 0 Å². The van der Waals surface area contributed by atoms with Crippen LogP contribution >= 0.6 is 0 Å². The van der Waals surface area contributed by atoms with E-state index >= 15 is 0 Å². The van der Waals surface area contributed by atoms with Crippen LogP contribution in [-0.4, -0.2) is 44.9 Å². The highest BCUT2D eigenvalue weighted by molar-refractivity contribution is 5.94. The molecule has 3 N–H and O–H groups in total. The summed E-state index contributed by atoms with van der Waals surface area (Å²) in [5.74, 6) is 1.29. The van der Waals surface area contributed by atoms with E-state index in [4.69, 9.17) is 10.7 Å². The number of aryl methyl sites for hydroxylation is 1. The third kappa shape index (κ3) is 4.56. The summed E-state index contributed by atoms with van der Waals surface area (Å²) in [5.41, 5.74) is 9.13. The molecule has 3 heterocycles. The lowest BCUT2D eigenvalue weighted by atomic mass is 10.1. The zero-order valence-corrected chi connectivity index (χ0v) is 16.9. The number of nitrogens with zero attached hydrogens (tertiary/aromatic N) is 4. The summed E-state index contributed by atoms with van der Waals surface area (Å²) >= 11 is 0. The molecule has 29 heavy (non-hydrogen) atoms. The topological polar surface area (TPSA) is 89.1 Å². The van der Waals surface area contributed by atoms with Gasteiger partial charge in [-0.1, -0.05) is 6.42 Å². The van der Waals surface area contributed by atoms with Crippen LogP contribution in [0.2, 0.25) is 0 Å². The number of hydrogen-bond donors (Lipinski definition) is 2. The summed E-state index contributed by atoms with van der Waals surface area (Å²) in [6.45, 7) is 5.86. The van der Waals surface area contributed by atoms with E-state index in [1.54, 1.807) is 13.0 Å². The van der Waals surface area contributed by atoms with Crippen LogP contribution in [-0.2, 0) is 6.54 Å². The summed E-state index contributed by atoms with van der Waals surface area (Å²) < 4.78 is 2.11. The Labute approximate surface area is 170 Å². The number of nitrogens with one attached hydrogen (secondary N) is 1. The van der Waals surface area contributed by atoms with Crippen LogP contribution in [0.15, 0.2) is 36.4 Å². The van der Waals surface area contributed by atoms with Crippen molar-refractivity contribution >= 4 is 34.4 Å². The number of nitrogen functional groups attached to an aromatic ring is 1. The Morgan fingerprint density at radius 2 is 1.79 bits per heavy atom. The molecule has 2 aromatic heterocycles. The third-order valence-corrected chi connectivity index (χ3v) is 5.47. The number of fused-ring (bicyclic) bond motifs is 1. The molecule has 3 aromatic rings. The number of aromatic nitrogens is 3. The van der Waals surface area contributed by atoms with E-state index < -0.39 is 0 Å². The van der Waals surface area contributed by atoms with Crippen molar-refractivity contribution in [3.05, 3.63) is 42.0 Å². The SMILES string of the molecule is CC(=O)c1ccc(Nc2nc3ccc(N)nc3n2CCCN2CCCCC2)cc1. The molecule has 7 nitrogen and oxygen atoms in total. The second-order valence-corrected chi connectivity index (χ2v) is 7.68. The van der Waals surface area contributed by atoms with Gasteiger partial charge in [0.2, 0.25) is 5.95 Å². The molecule has 4 rings (SSSR count). The molecule has 0 unspecified atom stereocenters. The molecular weight excluding hydrogens is 364 g/mol. The Morgan fingerprint density at radius 1 is 1.03 bits per heavy atom. The fraction of sp³-hybridized carbons (Fsp3) is 0.409. The minimum atomic E-state index is 0.0566. The average molecular weight is 393 g/mol. The number of imidazole rings is 1. The number of anilines is 3. The summed E-state index contributed by atoms with van der Waals surface area (Å²) in [6.07, 6.45) is 4.98. The highest BCUT2D eigenvalue weighted by atomic mass is 16.1.